The Bertz CT molecular complexity index is 684. The van der Waals surface area contributed by atoms with Crippen LogP contribution in [0.5, 0.6) is 0 Å². The molecule has 7 heteroatoms. The van der Waals surface area contributed by atoms with Gasteiger partial charge in [0.15, 0.2) is 5.96 Å². The summed E-state index contributed by atoms with van der Waals surface area (Å²) < 4.78 is 5.51. The molecule has 2 aromatic rings. The van der Waals surface area contributed by atoms with Gasteiger partial charge in [-0.3, -0.25) is 9.89 Å². The van der Waals surface area contributed by atoms with Gasteiger partial charge in [0.2, 0.25) is 0 Å². The molecular formula is C19H25ClN4OS. The second-order valence-electron chi connectivity index (χ2n) is 6.15. The summed E-state index contributed by atoms with van der Waals surface area (Å²) in [6.45, 7) is 4.94. The molecule has 1 aromatic carbocycles. The van der Waals surface area contributed by atoms with Crippen LogP contribution in [-0.4, -0.2) is 50.8 Å². The average molecular weight is 393 g/mol. The van der Waals surface area contributed by atoms with E-state index < -0.39 is 0 Å². The fourth-order valence-corrected chi connectivity index (χ4v) is 3.82. The normalized spacial score (nSPS) is 17.1. The van der Waals surface area contributed by atoms with Crippen LogP contribution in [0.25, 0.3) is 0 Å². The summed E-state index contributed by atoms with van der Waals surface area (Å²) in [7, 11) is 1.80. The van der Waals surface area contributed by atoms with Crippen LogP contribution in [-0.2, 0) is 11.3 Å². The molecule has 0 saturated carbocycles. The van der Waals surface area contributed by atoms with Crippen molar-refractivity contribution in [2.75, 3.05) is 39.9 Å². The van der Waals surface area contributed by atoms with E-state index in [1.54, 1.807) is 18.4 Å². The van der Waals surface area contributed by atoms with Gasteiger partial charge < -0.3 is 15.4 Å². The van der Waals surface area contributed by atoms with E-state index in [1.165, 1.54) is 11.1 Å². The number of thiophene rings is 1. The fourth-order valence-electron chi connectivity index (χ4n) is 3.02. The monoisotopic (exact) mass is 392 g/mol. The van der Waals surface area contributed by atoms with E-state index in [1.807, 2.05) is 12.1 Å². The number of aliphatic imine (C=N–C) groups is 1. The van der Waals surface area contributed by atoms with Crippen molar-refractivity contribution in [3.8, 4) is 0 Å². The van der Waals surface area contributed by atoms with Crippen LogP contribution in [0.1, 0.15) is 17.2 Å². The summed E-state index contributed by atoms with van der Waals surface area (Å²) in [6, 6.07) is 10.5. The van der Waals surface area contributed by atoms with Crippen molar-refractivity contribution in [2.45, 2.75) is 12.6 Å². The van der Waals surface area contributed by atoms with Gasteiger partial charge in [-0.25, -0.2) is 0 Å². The fraction of sp³-hybridized carbons (Fsp3) is 0.421. The van der Waals surface area contributed by atoms with Gasteiger partial charge in [0.05, 0.1) is 19.3 Å². The molecule has 1 fully saturated rings. The SMILES string of the molecule is CN=C(NCc1ccsc1)NCC(c1ccc(Cl)cc1)N1CCOCC1. The third-order valence-corrected chi connectivity index (χ3v) is 5.45. The Morgan fingerprint density at radius 1 is 1.23 bits per heavy atom. The maximum Gasteiger partial charge on any atom is 0.191 e. The number of nitrogens with one attached hydrogen (secondary N) is 2. The van der Waals surface area contributed by atoms with Gasteiger partial charge in [0.25, 0.3) is 0 Å². The Kier molecular flexibility index (Phi) is 7.32. The molecule has 1 unspecified atom stereocenters. The number of hydrogen-bond acceptors (Lipinski definition) is 4. The van der Waals surface area contributed by atoms with Crippen molar-refractivity contribution in [3.63, 3.8) is 0 Å². The van der Waals surface area contributed by atoms with Crippen LogP contribution in [0.15, 0.2) is 46.1 Å². The Labute approximate surface area is 164 Å². The average Bonchev–Trinajstić information content (AvgIpc) is 3.20. The van der Waals surface area contributed by atoms with Crippen molar-refractivity contribution >= 4 is 28.9 Å². The minimum atomic E-state index is 0.246. The van der Waals surface area contributed by atoms with Crippen molar-refractivity contribution in [3.05, 3.63) is 57.2 Å². The highest BCUT2D eigenvalue weighted by molar-refractivity contribution is 7.07. The first-order valence-electron chi connectivity index (χ1n) is 8.79. The van der Waals surface area contributed by atoms with Gasteiger partial charge in [0, 0.05) is 38.2 Å². The molecule has 26 heavy (non-hydrogen) atoms. The lowest BCUT2D eigenvalue weighted by atomic mass is 10.0. The molecule has 0 amide bonds. The third-order valence-electron chi connectivity index (χ3n) is 4.47. The smallest absolute Gasteiger partial charge is 0.191 e. The topological polar surface area (TPSA) is 48.9 Å². The molecule has 2 heterocycles. The van der Waals surface area contributed by atoms with Crippen LogP contribution >= 0.6 is 22.9 Å². The zero-order valence-corrected chi connectivity index (χ0v) is 16.5. The van der Waals surface area contributed by atoms with E-state index in [4.69, 9.17) is 16.3 Å². The van der Waals surface area contributed by atoms with E-state index in [0.717, 1.165) is 50.4 Å². The van der Waals surface area contributed by atoms with Crippen molar-refractivity contribution in [2.24, 2.45) is 4.99 Å². The summed E-state index contributed by atoms with van der Waals surface area (Å²) in [6.07, 6.45) is 0. The van der Waals surface area contributed by atoms with Gasteiger partial charge in [-0.2, -0.15) is 11.3 Å². The Balaban J connectivity index is 1.63. The van der Waals surface area contributed by atoms with E-state index in [0.29, 0.717) is 0 Å². The minimum absolute atomic E-state index is 0.246. The second kappa shape index (κ2) is 9.92. The summed E-state index contributed by atoms with van der Waals surface area (Å²) in [5.41, 5.74) is 2.51. The number of halogens is 1. The van der Waals surface area contributed by atoms with Crippen LogP contribution in [0.4, 0.5) is 0 Å². The standard InChI is InChI=1S/C19H25ClN4OS/c1-21-19(22-12-15-6-11-26-14-15)23-13-18(24-7-9-25-10-8-24)16-2-4-17(20)5-3-16/h2-6,11,14,18H,7-10,12-13H2,1H3,(H2,21,22,23). The van der Waals surface area contributed by atoms with Crippen LogP contribution in [0.3, 0.4) is 0 Å². The molecule has 0 aliphatic carbocycles. The molecule has 1 aliphatic heterocycles. The molecule has 140 valence electrons. The van der Waals surface area contributed by atoms with E-state index >= 15 is 0 Å². The van der Waals surface area contributed by atoms with Crippen LogP contribution < -0.4 is 10.6 Å². The second-order valence-corrected chi connectivity index (χ2v) is 7.37. The quantitative estimate of drug-likeness (QED) is 0.585. The van der Waals surface area contributed by atoms with Crippen LogP contribution in [0, 0.1) is 0 Å². The lowest BCUT2D eigenvalue weighted by Crippen LogP contribution is -2.46. The van der Waals surface area contributed by atoms with E-state index in [9.17, 15) is 0 Å². The molecule has 2 N–H and O–H groups in total. The van der Waals surface area contributed by atoms with Crippen molar-refractivity contribution in [1.29, 1.82) is 0 Å². The zero-order chi connectivity index (χ0) is 18.2. The largest absolute Gasteiger partial charge is 0.379 e. The van der Waals surface area contributed by atoms with E-state index in [2.05, 4.69) is 49.5 Å². The maximum absolute atomic E-state index is 6.06. The van der Waals surface area contributed by atoms with Gasteiger partial charge in [-0.1, -0.05) is 23.7 Å². The highest BCUT2D eigenvalue weighted by Gasteiger charge is 2.22. The minimum Gasteiger partial charge on any atom is -0.379 e. The molecule has 1 atom stereocenters. The highest BCUT2D eigenvalue weighted by Crippen LogP contribution is 2.23. The zero-order valence-electron chi connectivity index (χ0n) is 15.0. The number of hydrogen-bond donors (Lipinski definition) is 2. The predicted molar refractivity (Wildman–Crippen MR) is 109 cm³/mol. The van der Waals surface area contributed by atoms with Gasteiger partial charge in [0.1, 0.15) is 0 Å². The van der Waals surface area contributed by atoms with Gasteiger partial charge in [-0.05, 0) is 40.1 Å². The number of nitrogens with zero attached hydrogens (tertiary/aromatic N) is 2. The Morgan fingerprint density at radius 3 is 2.65 bits per heavy atom. The van der Waals surface area contributed by atoms with E-state index in [-0.39, 0.29) is 6.04 Å². The summed E-state index contributed by atoms with van der Waals surface area (Å²) in [5, 5.41) is 11.8. The first kappa shape index (κ1) is 19.2. The number of benzene rings is 1. The predicted octanol–water partition coefficient (Wildman–Crippen LogP) is 3.14. The summed E-state index contributed by atoms with van der Waals surface area (Å²) in [4.78, 5) is 6.80. The third kappa shape index (κ3) is 5.45. The van der Waals surface area contributed by atoms with Crippen molar-refractivity contribution < 1.29 is 4.74 Å². The molecule has 1 aromatic heterocycles. The lowest BCUT2D eigenvalue weighted by molar-refractivity contribution is 0.0170. The Hall–Kier alpha value is -1.60. The first-order valence-corrected chi connectivity index (χ1v) is 10.1. The molecule has 0 bridgehead atoms. The summed E-state index contributed by atoms with van der Waals surface area (Å²) in [5.74, 6) is 0.809. The lowest BCUT2D eigenvalue weighted by Gasteiger charge is -2.35. The number of morpholine rings is 1. The van der Waals surface area contributed by atoms with Gasteiger partial charge >= 0.3 is 0 Å². The van der Waals surface area contributed by atoms with Gasteiger partial charge in [-0.15, -0.1) is 0 Å². The molecule has 1 saturated heterocycles. The first-order chi connectivity index (χ1) is 12.8. The highest BCUT2D eigenvalue weighted by atomic mass is 35.5. The molecule has 5 nitrogen and oxygen atoms in total. The maximum atomic E-state index is 6.06. The van der Waals surface area contributed by atoms with Crippen LogP contribution in [0.2, 0.25) is 5.02 Å². The van der Waals surface area contributed by atoms with Crippen molar-refractivity contribution in [1.82, 2.24) is 15.5 Å². The number of guanidine groups is 1. The summed E-state index contributed by atoms with van der Waals surface area (Å²) >= 11 is 7.77. The molecular weight excluding hydrogens is 368 g/mol. The molecule has 0 spiro atoms. The number of rotatable bonds is 6. The Morgan fingerprint density at radius 2 is 2.00 bits per heavy atom. The number of ether oxygens (including phenoxy) is 1. The molecule has 0 radical (unpaired) electrons. The molecule has 1 aliphatic rings. The molecule has 3 rings (SSSR count).